The monoisotopic (exact) mass is 197 g/mol. The Morgan fingerprint density at radius 3 is 2.93 bits per heavy atom. The van der Waals surface area contributed by atoms with Crippen molar-refractivity contribution in [1.82, 2.24) is 9.97 Å². The van der Waals surface area contributed by atoms with Gasteiger partial charge >= 0.3 is 0 Å². The second-order valence-corrected chi connectivity index (χ2v) is 2.96. The third-order valence-electron chi connectivity index (χ3n) is 1.98. The van der Waals surface area contributed by atoms with Gasteiger partial charge in [-0.1, -0.05) is 6.07 Å². The summed E-state index contributed by atoms with van der Waals surface area (Å²) in [6.07, 6.45) is 3.21. The first kappa shape index (κ1) is 9.16. The third kappa shape index (κ3) is 1.76. The molecule has 0 aromatic carbocycles. The predicted octanol–water partition coefficient (Wildman–Crippen LogP) is 1.31. The average Bonchev–Trinajstić information content (AvgIpc) is 2.31. The number of nitrogens with zero attached hydrogens (tertiary/aromatic N) is 2. The average molecular weight is 197 g/mol. The molecule has 2 heterocycles. The van der Waals surface area contributed by atoms with E-state index in [1.165, 1.54) is 6.07 Å². The Morgan fingerprint density at radius 1 is 1.40 bits per heavy atom. The fourth-order valence-corrected chi connectivity index (χ4v) is 1.25. The van der Waals surface area contributed by atoms with Gasteiger partial charge < -0.3 is 4.98 Å². The minimum atomic E-state index is -0.378. The minimum Gasteiger partial charge on any atom is -0.327 e. The lowest BCUT2D eigenvalue weighted by molar-refractivity contribution is 1.20. The molecule has 0 radical (unpaired) electrons. The predicted molar refractivity (Wildman–Crippen MR) is 55.0 cm³/mol. The first-order chi connectivity index (χ1) is 7.31. The van der Waals surface area contributed by atoms with Crippen molar-refractivity contribution in [2.75, 3.05) is 0 Å². The highest BCUT2D eigenvalue weighted by atomic mass is 16.1. The maximum Gasteiger partial charge on any atom is 0.265 e. The Kier molecular flexibility index (Phi) is 2.30. The quantitative estimate of drug-likeness (QED) is 0.749. The molecule has 2 aromatic rings. The highest BCUT2D eigenvalue weighted by Crippen LogP contribution is 2.13. The van der Waals surface area contributed by atoms with Crippen LogP contribution in [-0.4, -0.2) is 9.97 Å². The Bertz CT molecular complexity index is 566. The SMILES string of the molecule is N#Cc1cc(-c2ccccn2)c[nH]c1=O. The van der Waals surface area contributed by atoms with Crippen molar-refractivity contribution in [2.45, 2.75) is 0 Å². The number of aromatic nitrogens is 2. The summed E-state index contributed by atoms with van der Waals surface area (Å²) in [6.45, 7) is 0. The van der Waals surface area contributed by atoms with Gasteiger partial charge in [0.1, 0.15) is 11.6 Å². The van der Waals surface area contributed by atoms with E-state index in [4.69, 9.17) is 5.26 Å². The van der Waals surface area contributed by atoms with Crippen molar-refractivity contribution >= 4 is 0 Å². The van der Waals surface area contributed by atoms with Crippen molar-refractivity contribution in [3.63, 3.8) is 0 Å². The number of hydrogen-bond donors (Lipinski definition) is 1. The van der Waals surface area contributed by atoms with E-state index in [9.17, 15) is 4.79 Å². The van der Waals surface area contributed by atoms with E-state index in [-0.39, 0.29) is 11.1 Å². The maximum atomic E-state index is 11.1. The van der Waals surface area contributed by atoms with E-state index in [2.05, 4.69) is 9.97 Å². The number of aromatic amines is 1. The summed E-state index contributed by atoms with van der Waals surface area (Å²) in [5.74, 6) is 0. The smallest absolute Gasteiger partial charge is 0.265 e. The van der Waals surface area contributed by atoms with Crippen LogP contribution in [0.15, 0.2) is 41.5 Å². The van der Waals surface area contributed by atoms with Crippen LogP contribution in [0.3, 0.4) is 0 Å². The summed E-state index contributed by atoms with van der Waals surface area (Å²) in [5, 5.41) is 8.70. The maximum absolute atomic E-state index is 11.1. The molecule has 2 rings (SSSR count). The molecule has 0 spiro atoms. The molecular formula is C11H7N3O. The number of nitriles is 1. The first-order valence-electron chi connectivity index (χ1n) is 4.35. The lowest BCUT2D eigenvalue weighted by atomic mass is 10.1. The van der Waals surface area contributed by atoms with Crippen LogP contribution in [0.25, 0.3) is 11.3 Å². The van der Waals surface area contributed by atoms with Gasteiger partial charge in [0.05, 0.1) is 5.69 Å². The van der Waals surface area contributed by atoms with Gasteiger partial charge in [0.2, 0.25) is 0 Å². The van der Waals surface area contributed by atoms with Gasteiger partial charge in [-0.2, -0.15) is 5.26 Å². The van der Waals surface area contributed by atoms with Gasteiger partial charge in [0.25, 0.3) is 5.56 Å². The molecule has 0 fully saturated rings. The number of nitrogens with one attached hydrogen (secondary N) is 1. The molecule has 0 atom stereocenters. The highest BCUT2D eigenvalue weighted by molar-refractivity contribution is 5.59. The van der Waals surface area contributed by atoms with E-state index in [0.29, 0.717) is 0 Å². The largest absolute Gasteiger partial charge is 0.327 e. The van der Waals surface area contributed by atoms with E-state index in [0.717, 1.165) is 11.3 Å². The molecule has 0 amide bonds. The molecule has 72 valence electrons. The second-order valence-electron chi connectivity index (χ2n) is 2.96. The standard InChI is InChI=1S/C11H7N3O/c12-6-8-5-9(7-14-11(8)15)10-3-1-2-4-13-10/h1-5,7H,(H,14,15). The van der Waals surface area contributed by atoms with Gasteiger partial charge in [-0.05, 0) is 18.2 Å². The summed E-state index contributed by atoms with van der Waals surface area (Å²) in [7, 11) is 0. The topological polar surface area (TPSA) is 69.5 Å². The number of pyridine rings is 2. The summed E-state index contributed by atoms with van der Waals surface area (Å²) >= 11 is 0. The zero-order valence-electron chi connectivity index (χ0n) is 7.77. The van der Waals surface area contributed by atoms with Gasteiger partial charge in [-0.3, -0.25) is 9.78 Å². The van der Waals surface area contributed by atoms with Crippen LogP contribution in [0.1, 0.15) is 5.56 Å². The molecule has 2 aromatic heterocycles. The van der Waals surface area contributed by atoms with E-state index in [1.807, 2.05) is 18.2 Å². The van der Waals surface area contributed by atoms with Crippen molar-refractivity contribution < 1.29 is 0 Å². The molecule has 0 saturated heterocycles. The van der Waals surface area contributed by atoms with Crippen molar-refractivity contribution in [3.05, 3.63) is 52.6 Å². The summed E-state index contributed by atoms with van der Waals surface area (Å²) in [6, 6.07) is 8.83. The summed E-state index contributed by atoms with van der Waals surface area (Å²) in [4.78, 5) is 17.8. The first-order valence-corrected chi connectivity index (χ1v) is 4.35. The minimum absolute atomic E-state index is 0.0955. The fraction of sp³-hybridized carbons (Fsp3) is 0. The molecule has 1 N–H and O–H groups in total. The van der Waals surface area contributed by atoms with E-state index in [1.54, 1.807) is 18.5 Å². The zero-order chi connectivity index (χ0) is 10.7. The Hall–Kier alpha value is -2.41. The van der Waals surface area contributed by atoms with Gasteiger partial charge in [0.15, 0.2) is 0 Å². The molecule has 0 bridgehead atoms. The van der Waals surface area contributed by atoms with Crippen molar-refractivity contribution in [3.8, 4) is 17.3 Å². The molecule has 0 aliphatic rings. The Balaban J connectivity index is 2.57. The van der Waals surface area contributed by atoms with Crippen LogP contribution in [0, 0.1) is 11.3 Å². The van der Waals surface area contributed by atoms with Crippen molar-refractivity contribution in [2.24, 2.45) is 0 Å². The highest BCUT2D eigenvalue weighted by Gasteiger charge is 2.02. The lowest BCUT2D eigenvalue weighted by Gasteiger charge is -1.99. The molecule has 0 saturated carbocycles. The van der Waals surface area contributed by atoms with Crippen LogP contribution in [-0.2, 0) is 0 Å². The van der Waals surface area contributed by atoms with Crippen LogP contribution >= 0.6 is 0 Å². The van der Waals surface area contributed by atoms with Gasteiger partial charge in [0, 0.05) is 18.0 Å². The normalized spacial score (nSPS) is 9.53. The molecule has 0 aliphatic heterocycles. The molecule has 0 unspecified atom stereocenters. The Morgan fingerprint density at radius 2 is 2.27 bits per heavy atom. The third-order valence-corrected chi connectivity index (χ3v) is 1.98. The number of rotatable bonds is 1. The second kappa shape index (κ2) is 3.76. The molecule has 0 aliphatic carbocycles. The van der Waals surface area contributed by atoms with Crippen LogP contribution in [0.5, 0.6) is 0 Å². The van der Waals surface area contributed by atoms with Crippen LogP contribution in [0.2, 0.25) is 0 Å². The zero-order valence-corrected chi connectivity index (χ0v) is 7.77. The molecule has 4 heteroatoms. The summed E-state index contributed by atoms with van der Waals surface area (Å²) in [5.41, 5.74) is 1.17. The van der Waals surface area contributed by atoms with Gasteiger partial charge in [-0.15, -0.1) is 0 Å². The number of H-pyrrole nitrogens is 1. The van der Waals surface area contributed by atoms with Crippen LogP contribution < -0.4 is 5.56 Å². The summed E-state index contributed by atoms with van der Waals surface area (Å²) < 4.78 is 0. The van der Waals surface area contributed by atoms with Crippen LogP contribution in [0.4, 0.5) is 0 Å². The fourth-order valence-electron chi connectivity index (χ4n) is 1.25. The van der Waals surface area contributed by atoms with Gasteiger partial charge in [-0.25, -0.2) is 0 Å². The molecular weight excluding hydrogens is 190 g/mol. The molecule has 15 heavy (non-hydrogen) atoms. The lowest BCUT2D eigenvalue weighted by Crippen LogP contribution is -2.08. The van der Waals surface area contributed by atoms with E-state index >= 15 is 0 Å². The number of hydrogen-bond acceptors (Lipinski definition) is 3. The van der Waals surface area contributed by atoms with E-state index < -0.39 is 0 Å². The Labute approximate surface area is 85.8 Å². The van der Waals surface area contributed by atoms with Crippen molar-refractivity contribution in [1.29, 1.82) is 5.26 Å². The molecule has 4 nitrogen and oxygen atoms in total.